The maximum absolute atomic E-state index is 12.6. The number of piperazine rings is 1. The Morgan fingerprint density at radius 1 is 1.32 bits per heavy atom. The highest BCUT2D eigenvalue weighted by Gasteiger charge is 2.42. The third-order valence-electron chi connectivity index (χ3n) is 3.94. The average Bonchev–Trinajstić information content (AvgIpc) is 2.40. The zero-order valence-electron chi connectivity index (χ0n) is 12.2. The summed E-state index contributed by atoms with van der Waals surface area (Å²) >= 11 is 0. The van der Waals surface area contributed by atoms with Gasteiger partial charge < -0.3 is 15.1 Å². The Balaban J connectivity index is 2.35. The van der Waals surface area contributed by atoms with Gasteiger partial charge >= 0.3 is 0 Å². The minimum atomic E-state index is -0.156. The van der Waals surface area contributed by atoms with Gasteiger partial charge in [-0.2, -0.15) is 0 Å². The fraction of sp³-hybridized carbons (Fsp3) is 0.533. The van der Waals surface area contributed by atoms with Crippen molar-refractivity contribution >= 4 is 11.6 Å². The van der Waals surface area contributed by atoms with Crippen LogP contribution < -0.4 is 10.2 Å². The van der Waals surface area contributed by atoms with Crippen LogP contribution in [0.4, 0.5) is 5.69 Å². The maximum atomic E-state index is 12.6. The fourth-order valence-electron chi connectivity index (χ4n) is 2.57. The quantitative estimate of drug-likeness (QED) is 0.891. The first kappa shape index (κ1) is 13.9. The third-order valence-corrected chi connectivity index (χ3v) is 3.94. The Morgan fingerprint density at radius 2 is 1.95 bits per heavy atom. The molecule has 19 heavy (non-hydrogen) atoms. The third kappa shape index (κ3) is 2.59. The Bertz CT molecular complexity index is 444. The molecule has 0 aromatic heterocycles. The number of benzene rings is 1. The van der Waals surface area contributed by atoms with Crippen LogP contribution in [0.5, 0.6) is 0 Å². The Kier molecular flexibility index (Phi) is 3.80. The van der Waals surface area contributed by atoms with Crippen LogP contribution in [0.15, 0.2) is 30.3 Å². The van der Waals surface area contributed by atoms with Gasteiger partial charge in [-0.15, -0.1) is 0 Å². The molecular weight excluding hydrogens is 238 g/mol. The van der Waals surface area contributed by atoms with Gasteiger partial charge in [0.15, 0.2) is 0 Å². The van der Waals surface area contributed by atoms with E-state index in [1.165, 1.54) is 0 Å². The molecule has 0 saturated carbocycles. The Hall–Kier alpha value is -1.55. The van der Waals surface area contributed by atoms with Crippen LogP contribution in [0, 0.1) is 0 Å². The van der Waals surface area contributed by atoms with E-state index in [9.17, 15) is 4.79 Å². The molecule has 0 aliphatic carbocycles. The smallest absolute Gasteiger partial charge is 0.246 e. The predicted octanol–water partition coefficient (Wildman–Crippen LogP) is 1.33. The van der Waals surface area contributed by atoms with Gasteiger partial charge in [-0.3, -0.25) is 4.79 Å². The lowest BCUT2D eigenvalue weighted by Crippen LogP contribution is -2.67. The average molecular weight is 261 g/mol. The highest BCUT2D eigenvalue weighted by molar-refractivity contribution is 5.87. The topological polar surface area (TPSA) is 35.6 Å². The summed E-state index contributed by atoms with van der Waals surface area (Å²) in [5, 5.41) is 3.13. The van der Waals surface area contributed by atoms with Crippen molar-refractivity contribution in [1.29, 1.82) is 0 Å². The first-order valence-electron chi connectivity index (χ1n) is 6.71. The number of hydrogen-bond donors (Lipinski definition) is 1. The summed E-state index contributed by atoms with van der Waals surface area (Å²) in [5.41, 5.74) is 0.953. The number of hydrogen-bond acceptors (Lipinski definition) is 3. The van der Waals surface area contributed by atoms with Crippen molar-refractivity contribution in [1.82, 2.24) is 10.2 Å². The number of carbonyl (C=O) groups excluding carboxylic acids is 1. The van der Waals surface area contributed by atoms with E-state index in [0.717, 1.165) is 12.2 Å². The van der Waals surface area contributed by atoms with E-state index in [4.69, 9.17) is 0 Å². The number of nitrogens with zero attached hydrogens (tertiary/aromatic N) is 2. The molecule has 1 aromatic carbocycles. The molecule has 0 radical (unpaired) electrons. The molecule has 1 aromatic rings. The van der Waals surface area contributed by atoms with E-state index in [1.807, 2.05) is 37.2 Å². The van der Waals surface area contributed by atoms with Crippen LogP contribution in [0.3, 0.4) is 0 Å². The molecule has 1 fully saturated rings. The summed E-state index contributed by atoms with van der Waals surface area (Å²) in [5.74, 6) is 0.175. The van der Waals surface area contributed by atoms with Gasteiger partial charge in [0.2, 0.25) is 5.91 Å². The second-order valence-electron chi connectivity index (χ2n) is 5.75. The Morgan fingerprint density at radius 3 is 2.53 bits per heavy atom. The second-order valence-corrected chi connectivity index (χ2v) is 5.75. The molecule has 0 bridgehead atoms. The number of para-hydroxylation sites is 1. The molecule has 104 valence electrons. The van der Waals surface area contributed by atoms with E-state index in [1.54, 1.807) is 0 Å². The van der Waals surface area contributed by atoms with Crippen molar-refractivity contribution in [2.24, 2.45) is 0 Å². The maximum Gasteiger partial charge on any atom is 0.246 e. The number of carbonyl (C=O) groups is 1. The normalized spacial score (nSPS) is 22.7. The SMILES string of the molecule is CNCC1C(=O)N(C)C(C)(C)CN1c1ccccc1. The molecule has 1 heterocycles. The van der Waals surface area contributed by atoms with Crippen LogP contribution in [0.25, 0.3) is 0 Å². The summed E-state index contributed by atoms with van der Waals surface area (Å²) in [4.78, 5) is 16.6. The number of anilines is 1. The summed E-state index contributed by atoms with van der Waals surface area (Å²) in [6.07, 6.45) is 0. The standard InChI is InChI=1S/C15H23N3O/c1-15(2)11-18(12-8-6-5-7-9-12)13(10-16-3)14(19)17(15)4/h5-9,13,16H,10-11H2,1-4H3. The van der Waals surface area contributed by atoms with Crippen molar-refractivity contribution in [3.05, 3.63) is 30.3 Å². The van der Waals surface area contributed by atoms with Crippen molar-refractivity contribution in [3.8, 4) is 0 Å². The molecular formula is C15H23N3O. The zero-order valence-corrected chi connectivity index (χ0v) is 12.2. The highest BCUT2D eigenvalue weighted by atomic mass is 16.2. The summed E-state index contributed by atoms with van der Waals surface area (Å²) < 4.78 is 0. The van der Waals surface area contributed by atoms with Crippen molar-refractivity contribution < 1.29 is 4.79 Å². The van der Waals surface area contributed by atoms with Gasteiger partial charge in [-0.1, -0.05) is 18.2 Å². The van der Waals surface area contributed by atoms with E-state index in [0.29, 0.717) is 6.54 Å². The van der Waals surface area contributed by atoms with Crippen LogP contribution in [-0.4, -0.2) is 49.6 Å². The molecule has 0 spiro atoms. The van der Waals surface area contributed by atoms with Crippen LogP contribution in [-0.2, 0) is 4.79 Å². The number of nitrogens with one attached hydrogen (secondary N) is 1. The lowest BCUT2D eigenvalue weighted by molar-refractivity contribution is -0.138. The second kappa shape index (κ2) is 5.21. The van der Waals surface area contributed by atoms with E-state index >= 15 is 0 Å². The van der Waals surface area contributed by atoms with Gasteiger partial charge in [0.1, 0.15) is 6.04 Å². The molecule has 1 unspecified atom stereocenters. The molecule has 1 aliphatic heterocycles. The van der Waals surface area contributed by atoms with E-state index in [2.05, 4.69) is 36.2 Å². The molecule has 4 nitrogen and oxygen atoms in total. The predicted molar refractivity (Wildman–Crippen MR) is 78.4 cm³/mol. The first-order chi connectivity index (χ1) is 8.97. The lowest BCUT2D eigenvalue weighted by Gasteiger charge is -2.50. The van der Waals surface area contributed by atoms with E-state index < -0.39 is 0 Å². The van der Waals surface area contributed by atoms with Crippen molar-refractivity contribution in [2.75, 3.05) is 32.1 Å². The molecule has 1 atom stereocenters. The van der Waals surface area contributed by atoms with E-state index in [-0.39, 0.29) is 17.5 Å². The largest absolute Gasteiger partial charge is 0.356 e. The van der Waals surface area contributed by atoms with Crippen molar-refractivity contribution in [2.45, 2.75) is 25.4 Å². The molecule has 1 N–H and O–H groups in total. The summed E-state index contributed by atoms with van der Waals surface area (Å²) in [6.45, 7) is 5.71. The van der Waals surface area contributed by atoms with Crippen molar-refractivity contribution in [3.63, 3.8) is 0 Å². The van der Waals surface area contributed by atoms with Gasteiger partial charge in [0.05, 0.1) is 5.54 Å². The van der Waals surface area contributed by atoms with Gasteiger partial charge in [-0.25, -0.2) is 0 Å². The first-order valence-corrected chi connectivity index (χ1v) is 6.71. The summed E-state index contributed by atoms with van der Waals surface area (Å²) in [7, 11) is 3.78. The van der Waals surface area contributed by atoms with Crippen LogP contribution >= 0.6 is 0 Å². The van der Waals surface area contributed by atoms with Crippen LogP contribution in [0.2, 0.25) is 0 Å². The Labute approximate surface area is 115 Å². The lowest BCUT2D eigenvalue weighted by atomic mass is 9.95. The molecule has 1 saturated heterocycles. The van der Waals surface area contributed by atoms with Gasteiger partial charge in [0.25, 0.3) is 0 Å². The number of amides is 1. The molecule has 1 amide bonds. The highest BCUT2D eigenvalue weighted by Crippen LogP contribution is 2.28. The zero-order chi connectivity index (χ0) is 14.0. The monoisotopic (exact) mass is 261 g/mol. The number of rotatable bonds is 3. The van der Waals surface area contributed by atoms with Gasteiger partial charge in [0, 0.05) is 25.8 Å². The molecule has 1 aliphatic rings. The molecule has 2 rings (SSSR count). The fourth-order valence-corrected chi connectivity index (χ4v) is 2.57. The number of likely N-dealkylation sites (N-methyl/N-ethyl adjacent to an activating group) is 2. The van der Waals surface area contributed by atoms with Crippen LogP contribution in [0.1, 0.15) is 13.8 Å². The van der Waals surface area contributed by atoms with Gasteiger partial charge in [-0.05, 0) is 33.0 Å². The molecule has 4 heteroatoms. The minimum absolute atomic E-state index is 0.134. The minimum Gasteiger partial charge on any atom is -0.356 e. The summed E-state index contributed by atoms with van der Waals surface area (Å²) in [6, 6.07) is 10.0.